The molecule has 1 aromatic carbocycles. The number of nitrogens with zero attached hydrogens (tertiary/aromatic N) is 2. The first-order chi connectivity index (χ1) is 13.0. The molecule has 0 bridgehead atoms. The van der Waals surface area contributed by atoms with Crippen LogP contribution in [0.4, 0.5) is 5.13 Å². The Morgan fingerprint density at radius 1 is 1.11 bits per heavy atom. The molecule has 0 fully saturated rings. The number of sulfonamides is 1. The molecular weight excluding hydrogens is 384 g/mol. The Balaban J connectivity index is 2.02. The Labute approximate surface area is 164 Å². The minimum Gasteiger partial charge on any atom is -0.296 e. The summed E-state index contributed by atoms with van der Waals surface area (Å²) in [5.74, 6) is -0.406. The second-order valence-corrected chi connectivity index (χ2v) is 9.02. The maximum absolute atomic E-state index is 12.4. The van der Waals surface area contributed by atoms with Crippen LogP contribution < -0.4 is 10.0 Å². The highest BCUT2D eigenvalue weighted by atomic mass is 32.2. The second-order valence-electron chi connectivity index (χ2n) is 6.19. The molecule has 2 rings (SSSR count). The average Bonchev–Trinajstić information content (AvgIpc) is 3.09. The van der Waals surface area contributed by atoms with E-state index in [-0.39, 0.29) is 10.5 Å². The molecule has 1 amide bonds. The van der Waals surface area contributed by atoms with Gasteiger partial charge < -0.3 is 0 Å². The second kappa shape index (κ2) is 10.5. The number of rotatable bonds is 11. The minimum absolute atomic E-state index is 0.0729. The first-order valence-corrected chi connectivity index (χ1v) is 11.5. The lowest BCUT2D eigenvalue weighted by molar-refractivity contribution is 0.102. The van der Waals surface area contributed by atoms with Crippen LogP contribution in [0.5, 0.6) is 0 Å². The van der Waals surface area contributed by atoms with Gasteiger partial charge in [0.2, 0.25) is 15.2 Å². The van der Waals surface area contributed by atoms with Gasteiger partial charge in [-0.25, -0.2) is 13.1 Å². The van der Waals surface area contributed by atoms with Gasteiger partial charge in [-0.15, -0.1) is 10.2 Å². The summed E-state index contributed by atoms with van der Waals surface area (Å²) in [5.41, 5.74) is 0.260. The number of anilines is 1. The normalized spacial score (nSPS) is 11.5. The van der Waals surface area contributed by atoms with Gasteiger partial charge >= 0.3 is 0 Å². The highest BCUT2D eigenvalue weighted by molar-refractivity contribution is 7.89. The lowest BCUT2D eigenvalue weighted by Crippen LogP contribution is -2.25. The van der Waals surface area contributed by atoms with E-state index in [1.165, 1.54) is 23.5 Å². The van der Waals surface area contributed by atoms with Gasteiger partial charge in [0.05, 0.1) is 4.90 Å². The SMILES string of the molecule is CCCCCc1nnc(NC(=O)c2cccc(S(=O)(=O)NCCCC)c2)s1. The number of unbranched alkanes of at least 4 members (excludes halogenated alkanes) is 3. The van der Waals surface area contributed by atoms with E-state index in [2.05, 4.69) is 27.2 Å². The van der Waals surface area contributed by atoms with Crippen molar-refractivity contribution >= 4 is 32.4 Å². The van der Waals surface area contributed by atoms with Crippen molar-refractivity contribution in [3.05, 3.63) is 34.8 Å². The number of carbonyl (C=O) groups excluding carboxylic acids is 1. The molecule has 2 aromatic rings. The van der Waals surface area contributed by atoms with Gasteiger partial charge in [0.15, 0.2) is 0 Å². The van der Waals surface area contributed by atoms with E-state index in [1.807, 2.05) is 6.92 Å². The van der Waals surface area contributed by atoms with E-state index < -0.39 is 15.9 Å². The van der Waals surface area contributed by atoms with E-state index in [1.54, 1.807) is 12.1 Å². The monoisotopic (exact) mass is 410 g/mol. The van der Waals surface area contributed by atoms with Crippen LogP contribution in [0.25, 0.3) is 0 Å². The summed E-state index contributed by atoms with van der Waals surface area (Å²) in [6.07, 6.45) is 5.82. The summed E-state index contributed by atoms with van der Waals surface area (Å²) in [5, 5.41) is 12.1. The van der Waals surface area contributed by atoms with Crippen molar-refractivity contribution in [2.24, 2.45) is 0 Å². The standard InChI is InChI=1S/C18H26N4O3S2/c1-3-5-7-11-16-21-22-18(26-16)20-17(23)14-9-8-10-15(13-14)27(24,25)19-12-6-4-2/h8-10,13,19H,3-7,11-12H2,1-2H3,(H,20,22,23). The zero-order valence-electron chi connectivity index (χ0n) is 15.7. The van der Waals surface area contributed by atoms with Gasteiger partial charge in [0.1, 0.15) is 5.01 Å². The third-order valence-corrected chi connectivity index (χ3v) is 6.27. The Hall–Kier alpha value is -1.84. The molecule has 1 aromatic heterocycles. The molecule has 7 nitrogen and oxygen atoms in total. The fraction of sp³-hybridized carbons (Fsp3) is 0.500. The van der Waals surface area contributed by atoms with E-state index >= 15 is 0 Å². The molecule has 0 atom stereocenters. The summed E-state index contributed by atoms with van der Waals surface area (Å²) in [6.45, 7) is 4.50. The van der Waals surface area contributed by atoms with Gasteiger partial charge in [0, 0.05) is 18.5 Å². The number of aryl methyl sites for hydroxylation is 1. The first kappa shape index (κ1) is 21.5. The molecule has 0 radical (unpaired) electrons. The number of benzene rings is 1. The largest absolute Gasteiger partial charge is 0.296 e. The number of aromatic nitrogens is 2. The average molecular weight is 411 g/mol. The molecule has 1 heterocycles. The molecule has 0 saturated carbocycles. The summed E-state index contributed by atoms with van der Waals surface area (Å²) in [4.78, 5) is 12.5. The highest BCUT2D eigenvalue weighted by Gasteiger charge is 2.16. The van der Waals surface area contributed by atoms with E-state index in [9.17, 15) is 13.2 Å². The maximum Gasteiger partial charge on any atom is 0.257 e. The quantitative estimate of drug-likeness (QED) is 0.551. The smallest absolute Gasteiger partial charge is 0.257 e. The number of amides is 1. The molecule has 0 saturated heterocycles. The number of hydrogen-bond acceptors (Lipinski definition) is 6. The summed E-state index contributed by atoms with van der Waals surface area (Å²) in [6, 6.07) is 5.97. The zero-order valence-corrected chi connectivity index (χ0v) is 17.3. The van der Waals surface area contributed by atoms with Crippen molar-refractivity contribution in [1.82, 2.24) is 14.9 Å². The molecule has 0 aliphatic carbocycles. The van der Waals surface area contributed by atoms with Crippen molar-refractivity contribution in [1.29, 1.82) is 0 Å². The van der Waals surface area contributed by atoms with Crippen LogP contribution >= 0.6 is 11.3 Å². The van der Waals surface area contributed by atoms with Crippen LogP contribution in [0.15, 0.2) is 29.2 Å². The van der Waals surface area contributed by atoms with E-state index in [0.29, 0.717) is 11.7 Å². The van der Waals surface area contributed by atoms with Crippen LogP contribution in [0.2, 0.25) is 0 Å². The molecule has 0 aliphatic heterocycles. The zero-order chi connectivity index (χ0) is 19.7. The molecule has 9 heteroatoms. The van der Waals surface area contributed by atoms with Crippen LogP contribution in [0, 0.1) is 0 Å². The fourth-order valence-electron chi connectivity index (χ4n) is 2.37. The molecular formula is C18H26N4O3S2. The summed E-state index contributed by atoms with van der Waals surface area (Å²) < 4.78 is 27.2. The van der Waals surface area contributed by atoms with Crippen LogP contribution in [0.1, 0.15) is 61.3 Å². The third-order valence-electron chi connectivity index (χ3n) is 3.91. The van der Waals surface area contributed by atoms with Gasteiger partial charge in [-0.1, -0.05) is 50.5 Å². The van der Waals surface area contributed by atoms with Gasteiger partial charge in [-0.3, -0.25) is 10.1 Å². The number of nitrogens with one attached hydrogen (secondary N) is 2. The molecule has 148 valence electrons. The van der Waals surface area contributed by atoms with Crippen LogP contribution in [0.3, 0.4) is 0 Å². The summed E-state index contributed by atoms with van der Waals surface area (Å²) >= 11 is 1.34. The van der Waals surface area contributed by atoms with Gasteiger partial charge in [0.25, 0.3) is 5.91 Å². The Kier molecular flexibility index (Phi) is 8.33. The third kappa shape index (κ3) is 6.67. The number of hydrogen-bond donors (Lipinski definition) is 2. The van der Waals surface area contributed by atoms with Crippen molar-refractivity contribution in [2.45, 2.75) is 57.3 Å². The van der Waals surface area contributed by atoms with E-state index in [0.717, 1.165) is 43.5 Å². The molecule has 2 N–H and O–H groups in total. The molecule has 0 unspecified atom stereocenters. The summed E-state index contributed by atoms with van der Waals surface area (Å²) in [7, 11) is -3.63. The Bertz CT molecular complexity index is 850. The number of carbonyl (C=O) groups is 1. The Morgan fingerprint density at radius 2 is 1.89 bits per heavy atom. The lowest BCUT2D eigenvalue weighted by Gasteiger charge is -2.08. The van der Waals surface area contributed by atoms with Crippen molar-refractivity contribution in [3.63, 3.8) is 0 Å². The van der Waals surface area contributed by atoms with E-state index in [4.69, 9.17) is 0 Å². The molecule has 0 spiro atoms. The maximum atomic E-state index is 12.4. The molecule has 0 aliphatic rings. The highest BCUT2D eigenvalue weighted by Crippen LogP contribution is 2.19. The first-order valence-electron chi connectivity index (χ1n) is 9.19. The lowest BCUT2D eigenvalue weighted by atomic mass is 10.2. The predicted molar refractivity (Wildman–Crippen MR) is 108 cm³/mol. The Morgan fingerprint density at radius 3 is 2.63 bits per heavy atom. The van der Waals surface area contributed by atoms with Crippen molar-refractivity contribution in [3.8, 4) is 0 Å². The van der Waals surface area contributed by atoms with Crippen molar-refractivity contribution in [2.75, 3.05) is 11.9 Å². The van der Waals surface area contributed by atoms with Crippen LogP contribution in [-0.4, -0.2) is 31.1 Å². The predicted octanol–water partition coefficient (Wildman–Crippen LogP) is 3.60. The van der Waals surface area contributed by atoms with Crippen LogP contribution in [-0.2, 0) is 16.4 Å². The molecule has 27 heavy (non-hydrogen) atoms. The fourth-order valence-corrected chi connectivity index (χ4v) is 4.27. The minimum atomic E-state index is -3.63. The van der Waals surface area contributed by atoms with Crippen molar-refractivity contribution < 1.29 is 13.2 Å². The van der Waals surface area contributed by atoms with Gasteiger partial charge in [-0.05, 0) is 31.0 Å². The topological polar surface area (TPSA) is 101 Å². The van der Waals surface area contributed by atoms with Gasteiger partial charge in [-0.2, -0.15) is 0 Å².